The van der Waals surface area contributed by atoms with Crippen LogP contribution in [0.5, 0.6) is 0 Å². The van der Waals surface area contributed by atoms with Gasteiger partial charge in [0.15, 0.2) is 0 Å². The number of hydrogen-bond donors (Lipinski definition) is 0. The minimum atomic E-state index is 0.545. The highest BCUT2D eigenvalue weighted by Gasteiger charge is 2.21. The maximum atomic E-state index is 5.21. The molecule has 0 amide bonds. The molecule has 214 valence electrons. The average Bonchev–Trinajstić information content (AvgIpc) is 3.61. The molecule has 1 unspecified atom stereocenters. The van der Waals surface area contributed by atoms with E-state index in [1.165, 1.54) is 44.0 Å². The topological polar surface area (TPSA) is 22.8 Å². The van der Waals surface area contributed by atoms with Crippen LogP contribution in [0.1, 0.15) is 18.2 Å². The van der Waals surface area contributed by atoms with Gasteiger partial charge < -0.3 is 9.13 Å². The van der Waals surface area contributed by atoms with Gasteiger partial charge >= 0.3 is 0 Å². The van der Waals surface area contributed by atoms with E-state index < -0.39 is 0 Å². The molecule has 9 rings (SSSR count). The lowest BCUT2D eigenvalue weighted by Gasteiger charge is -2.16. The lowest BCUT2D eigenvalue weighted by atomic mass is 9.93. The van der Waals surface area contributed by atoms with E-state index in [4.69, 9.17) is 4.98 Å². The fraction of sp³-hybridized carbons (Fsp3) is 0.0714. The van der Waals surface area contributed by atoms with E-state index in [2.05, 4.69) is 168 Å². The number of aromatic nitrogens is 3. The predicted molar refractivity (Wildman–Crippen MR) is 188 cm³/mol. The molecule has 1 aliphatic rings. The van der Waals surface area contributed by atoms with Crippen molar-refractivity contribution in [2.45, 2.75) is 13.3 Å². The van der Waals surface area contributed by atoms with E-state index in [0.717, 1.165) is 40.3 Å². The molecule has 5 aromatic carbocycles. The molecular weight excluding hydrogens is 546 g/mol. The Bertz CT molecular complexity index is 2380. The summed E-state index contributed by atoms with van der Waals surface area (Å²) in [4.78, 5) is 5.21. The van der Waals surface area contributed by atoms with Gasteiger partial charge in [0.25, 0.3) is 0 Å². The summed E-state index contributed by atoms with van der Waals surface area (Å²) in [6, 6.07) is 50.0. The maximum Gasteiger partial charge on any atom is 0.0710 e. The molecule has 0 radical (unpaired) electrons. The summed E-state index contributed by atoms with van der Waals surface area (Å²) in [6.07, 6.45) is 5.70. The Kier molecular flexibility index (Phi) is 5.85. The van der Waals surface area contributed by atoms with Gasteiger partial charge in [0.2, 0.25) is 0 Å². The third-order valence-corrected chi connectivity index (χ3v) is 9.26. The zero-order chi connectivity index (χ0) is 29.9. The molecule has 0 fully saturated rings. The second kappa shape index (κ2) is 10.2. The van der Waals surface area contributed by atoms with Crippen LogP contribution in [0.3, 0.4) is 0 Å². The molecule has 0 saturated carbocycles. The van der Waals surface area contributed by atoms with Crippen LogP contribution in [0.2, 0.25) is 0 Å². The SMILES string of the molecule is CC1C=Cc2c(c3ccccc3n2-c2cccc(-c3cccc(-c4cccc(-n5c6ccccc6c6ccccc65)c4)n3)c2)C1. The van der Waals surface area contributed by atoms with Gasteiger partial charge in [-0.2, -0.15) is 0 Å². The largest absolute Gasteiger partial charge is 0.310 e. The minimum absolute atomic E-state index is 0.545. The zero-order valence-electron chi connectivity index (χ0n) is 25.1. The molecule has 0 bridgehead atoms. The van der Waals surface area contributed by atoms with Gasteiger partial charge in [-0.15, -0.1) is 0 Å². The summed E-state index contributed by atoms with van der Waals surface area (Å²) in [5.74, 6) is 0.545. The normalized spacial score (nSPS) is 14.4. The second-order valence-electron chi connectivity index (χ2n) is 12.1. The van der Waals surface area contributed by atoms with Crippen molar-refractivity contribution in [3.63, 3.8) is 0 Å². The van der Waals surface area contributed by atoms with Crippen LogP contribution >= 0.6 is 0 Å². The number of fused-ring (bicyclic) bond motifs is 6. The van der Waals surface area contributed by atoms with Gasteiger partial charge in [0.05, 0.1) is 27.9 Å². The van der Waals surface area contributed by atoms with Crippen molar-refractivity contribution >= 4 is 38.8 Å². The Morgan fingerprint density at radius 3 is 1.67 bits per heavy atom. The summed E-state index contributed by atoms with van der Waals surface area (Å²) in [7, 11) is 0. The van der Waals surface area contributed by atoms with Crippen molar-refractivity contribution in [1.29, 1.82) is 0 Å². The van der Waals surface area contributed by atoms with Crippen molar-refractivity contribution in [1.82, 2.24) is 14.1 Å². The molecule has 8 aromatic rings. The van der Waals surface area contributed by atoms with E-state index in [9.17, 15) is 0 Å². The second-order valence-corrected chi connectivity index (χ2v) is 12.1. The van der Waals surface area contributed by atoms with Crippen molar-refractivity contribution in [2.75, 3.05) is 0 Å². The first-order valence-electron chi connectivity index (χ1n) is 15.7. The van der Waals surface area contributed by atoms with Crippen LogP contribution in [0.25, 0.3) is 72.7 Å². The van der Waals surface area contributed by atoms with Gasteiger partial charge in [0.1, 0.15) is 0 Å². The Morgan fingerprint density at radius 1 is 0.533 bits per heavy atom. The molecule has 3 heterocycles. The van der Waals surface area contributed by atoms with Crippen molar-refractivity contribution in [3.8, 4) is 33.9 Å². The number of nitrogens with zero attached hydrogens (tertiary/aromatic N) is 3. The summed E-state index contributed by atoms with van der Waals surface area (Å²) in [5, 5.41) is 3.87. The Labute approximate surface area is 262 Å². The number of pyridine rings is 1. The molecule has 3 aromatic heterocycles. The quantitative estimate of drug-likeness (QED) is 0.204. The van der Waals surface area contributed by atoms with Crippen LogP contribution in [0.4, 0.5) is 0 Å². The standard InChI is InChI=1S/C42H31N3/c1-28-23-24-42-36(25-28)35-17-4-7-22-41(35)45(42)32-14-9-12-30(27-32)38-19-10-18-37(43-38)29-11-8-13-31(26-29)44-39-20-5-2-15-33(39)34-16-3-6-21-40(34)44/h2-24,26-28H,25H2,1H3. The third-order valence-electron chi connectivity index (χ3n) is 9.26. The van der Waals surface area contributed by atoms with Crippen molar-refractivity contribution in [3.05, 3.63) is 157 Å². The minimum Gasteiger partial charge on any atom is -0.310 e. The average molecular weight is 578 g/mol. The molecule has 0 saturated heterocycles. The molecule has 0 spiro atoms. The Balaban J connectivity index is 1.14. The van der Waals surface area contributed by atoms with Gasteiger partial charge in [-0.1, -0.05) is 97.9 Å². The lowest BCUT2D eigenvalue weighted by Crippen LogP contribution is -2.05. The fourth-order valence-corrected chi connectivity index (χ4v) is 7.21. The highest BCUT2D eigenvalue weighted by atomic mass is 15.0. The molecule has 3 nitrogen and oxygen atoms in total. The first kappa shape index (κ1) is 25.8. The van der Waals surface area contributed by atoms with E-state index in [-0.39, 0.29) is 0 Å². The zero-order valence-corrected chi connectivity index (χ0v) is 25.1. The summed E-state index contributed by atoms with van der Waals surface area (Å²) in [6.45, 7) is 2.30. The van der Waals surface area contributed by atoms with Gasteiger partial charge in [0, 0.05) is 44.4 Å². The molecule has 0 N–H and O–H groups in total. The summed E-state index contributed by atoms with van der Waals surface area (Å²) >= 11 is 0. The van der Waals surface area contributed by atoms with Crippen molar-refractivity contribution < 1.29 is 0 Å². The lowest BCUT2D eigenvalue weighted by molar-refractivity contribution is 0.718. The number of benzene rings is 5. The molecular formula is C42H31N3. The monoisotopic (exact) mass is 577 g/mol. The third kappa shape index (κ3) is 4.16. The first-order chi connectivity index (χ1) is 22.2. The number of allylic oxidation sites excluding steroid dienone is 1. The molecule has 1 aliphatic carbocycles. The first-order valence-corrected chi connectivity index (χ1v) is 15.7. The fourth-order valence-electron chi connectivity index (χ4n) is 7.21. The number of hydrogen-bond acceptors (Lipinski definition) is 1. The number of para-hydroxylation sites is 3. The van der Waals surface area contributed by atoms with Crippen LogP contribution in [0, 0.1) is 5.92 Å². The Hall–Kier alpha value is -5.67. The van der Waals surface area contributed by atoms with Crippen molar-refractivity contribution in [2.24, 2.45) is 5.92 Å². The molecule has 3 heteroatoms. The summed E-state index contributed by atoms with van der Waals surface area (Å²) < 4.78 is 4.77. The molecule has 0 aliphatic heterocycles. The summed E-state index contributed by atoms with van der Waals surface area (Å²) in [5.41, 5.74) is 12.8. The van der Waals surface area contributed by atoms with Crippen LogP contribution in [-0.4, -0.2) is 14.1 Å². The van der Waals surface area contributed by atoms with Crippen LogP contribution in [0.15, 0.2) is 146 Å². The van der Waals surface area contributed by atoms with Crippen LogP contribution < -0.4 is 0 Å². The van der Waals surface area contributed by atoms with E-state index >= 15 is 0 Å². The molecule has 1 atom stereocenters. The highest BCUT2D eigenvalue weighted by Crippen LogP contribution is 2.37. The van der Waals surface area contributed by atoms with Gasteiger partial charge in [-0.3, -0.25) is 0 Å². The molecule has 45 heavy (non-hydrogen) atoms. The maximum absolute atomic E-state index is 5.21. The number of rotatable bonds is 4. The van der Waals surface area contributed by atoms with E-state index in [0.29, 0.717) is 5.92 Å². The highest BCUT2D eigenvalue weighted by molar-refractivity contribution is 6.09. The van der Waals surface area contributed by atoms with Gasteiger partial charge in [-0.25, -0.2) is 4.98 Å². The van der Waals surface area contributed by atoms with E-state index in [1.54, 1.807) is 0 Å². The van der Waals surface area contributed by atoms with Crippen LogP contribution in [-0.2, 0) is 6.42 Å². The van der Waals surface area contributed by atoms with E-state index in [1.807, 2.05) is 0 Å². The Morgan fingerprint density at radius 2 is 1.04 bits per heavy atom. The van der Waals surface area contributed by atoms with Gasteiger partial charge in [-0.05, 0) is 78.6 Å². The predicted octanol–water partition coefficient (Wildman–Crippen LogP) is 10.7. The smallest absolute Gasteiger partial charge is 0.0710 e.